The number of aromatic nitrogens is 1. The van der Waals surface area contributed by atoms with Gasteiger partial charge in [0, 0.05) is 16.8 Å². The molecule has 0 bridgehead atoms. The van der Waals surface area contributed by atoms with Gasteiger partial charge in [-0.3, -0.25) is 4.79 Å². The van der Waals surface area contributed by atoms with E-state index in [0.29, 0.717) is 27.9 Å². The van der Waals surface area contributed by atoms with Crippen LogP contribution in [0.25, 0.3) is 22.6 Å². The van der Waals surface area contributed by atoms with Crippen LogP contribution in [0.15, 0.2) is 65.1 Å². The maximum absolute atomic E-state index is 12.5. The van der Waals surface area contributed by atoms with Crippen LogP contribution in [0.2, 0.25) is 5.02 Å². The number of carbonyl (C=O) groups is 1. The summed E-state index contributed by atoms with van der Waals surface area (Å²) in [6, 6.07) is 18.1. The molecule has 0 fully saturated rings. The average molecular weight is 393 g/mol. The van der Waals surface area contributed by atoms with Gasteiger partial charge in [-0.05, 0) is 61.0 Å². The van der Waals surface area contributed by atoms with E-state index in [1.54, 1.807) is 24.3 Å². The summed E-state index contributed by atoms with van der Waals surface area (Å²) in [5.41, 5.74) is 4.49. The first-order valence-electron chi connectivity index (χ1n) is 8.66. The molecule has 4 rings (SSSR count). The molecule has 0 unspecified atom stereocenters. The highest BCUT2D eigenvalue weighted by Crippen LogP contribution is 2.28. The van der Waals surface area contributed by atoms with Crippen LogP contribution in [0.4, 0.5) is 5.69 Å². The first-order chi connectivity index (χ1) is 13.5. The third-order valence-electron chi connectivity index (χ3n) is 4.32. The first kappa shape index (κ1) is 18.1. The van der Waals surface area contributed by atoms with Crippen LogP contribution < -0.4 is 10.1 Å². The lowest BCUT2D eigenvalue weighted by Gasteiger charge is -2.08. The molecule has 4 aromatic rings. The van der Waals surface area contributed by atoms with E-state index in [2.05, 4.69) is 10.3 Å². The molecule has 0 aliphatic heterocycles. The Balaban J connectivity index is 1.59. The summed E-state index contributed by atoms with van der Waals surface area (Å²) in [4.78, 5) is 17.1. The first-order valence-corrected chi connectivity index (χ1v) is 9.04. The number of nitrogens with one attached hydrogen (secondary N) is 1. The standard InChI is InChI=1S/C22H17ClN2O3/c1-13-6-8-20-18(10-13)25-22(28-20)15-4-3-5-16(11-15)24-21(26)14-7-9-19(27-2)17(23)12-14/h3-12H,1-2H3,(H,24,26). The Labute approximate surface area is 166 Å². The maximum Gasteiger partial charge on any atom is 0.255 e. The number of fused-ring (bicyclic) bond motifs is 1. The highest BCUT2D eigenvalue weighted by molar-refractivity contribution is 6.32. The smallest absolute Gasteiger partial charge is 0.255 e. The molecule has 0 saturated heterocycles. The Morgan fingerprint density at radius 3 is 2.75 bits per heavy atom. The fourth-order valence-corrected chi connectivity index (χ4v) is 3.16. The molecule has 3 aromatic carbocycles. The van der Waals surface area contributed by atoms with Crippen LogP contribution in [-0.2, 0) is 0 Å². The summed E-state index contributed by atoms with van der Waals surface area (Å²) in [6.45, 7) is 2.01. The van der Waals surface area contributed by atoms with Crippen molar-refractivity contribution in [2.75, 3.05) is 12.4 Å². The zero-order valence-electron chi connectivity index (χ0n) is 15.3. The van der Waals surface area contributed by atoms with Crippen LogP contribution in [0.5, 0.6) is 5.75 Å². The monoisotopic (exact) mass is 392 g/mol. The topological polar surface area (TPSA) is 64.4 Å². The van der Waals surface area contributed by atoms with Crippen molar-refractivity contribution < 1.29 is 13.9 Å². The number of anilines is 1. The van der Waals surface area contributed by atoms with Crippen molar-refractivity contribution in [2.45, 2.75) is 6.92 Å². The summed E-state index contributed by atoms with van der Waals surface area (Å²) in [6.07, 6.45) is 0. The molecule has 0 saturated carbocycles. The molecule has 28 heavy (non-hydrogen) atoms. The van der Waals surface area contributed by atoms with Gasteiger partial charge < -0.3 is 14.5 Å². The number of oxazole rings is 1. The molecular formula is C22H17ClN2O3. The molecular weight excluding hydrogens is 376 g/mol. The molecule has 0 atom stereocenters. The van der Waals surface area contributed by atoms with E-state index in [9.17, 15) is 4.79 Å². The van der Waals surface area contributed by atoms with Gasteiger partial charge >= 0.3 is 0 Å². The number of hydrogen-bond donors (Lipinski definition) is 1. The fourth-order valence-electron chi connectivity index (χ4n) is 2.90. The lowest BCUT2D eigenvalue weighted by atomic mass is 10.1. The Bertz CT molecular complexity index is 1180. The molecule has 1 amide bonds. The Kier molecular flexibility index (Phi) is 4.75. The summed E-state index contributed by atoms with van der Waals surface area (Å²) in [7, 11) is 1.53. The van der Waals surface area contributed by atoms with Crippen molar-refractivity contribution >= 4 is 34.3 Å². The van der Waals surface area contributed by atoms with Gasteiger partial charge in [0.1, 0.15) is 11.3 Å². The molecule has 1 heterocycles. The van der Waals surface area contributed by atoms with Crippen LogP contribution in [0.1, 0.15) is 15.9 Å². The second-order valence-electron chi connectivity index (χ2n) is 6.37. The molecule has 1 N–H and O–H groups in total. The summed E-state index contributed by atoms with van der Waals surface area (Å²) in [5, 5.41) is 3.25. The normalized spacial score (nSPS) is 10.8. The van der Waals surface area contributed by atoms with Gasteiger partial charge in [0.15, 0.2) is 5.58 Å². The number of halogens is 1. The minimum absolute atomic E-state index is 0.269. The van der Waals surface area contributed by atoms with Gasteiger partial charge in [0.25, 0.3) is 5.91 Å². The second-order valence-corrected chi connectivity index (χ2v) is 6.78. The number of rotatable bonds is 4. The molecule has 1 aromatic heterocycles. The molecule has 0 radical (unpaired) electrons. The highest BCUT2D eigenvalue weighted by atomic mass is 35.5. The van der Waals surface area contributed by atoms with Crippen molar-refractivity contribution in [3.63, 3.8) is 0 Å². The third-order valence-corrected chi connectivity index (χ3v) is 4.62. The zero-order valence-corrected chi connectivity index (χ0v) is 16.1. The number of hydrogen-bond acceptors (Lipinski definition) is 4. The van der Waals surface area contributed by atoms with Gasteiger partial charge in [-0.1, -0.05) is 23.7 Å². The molecule has 6 heteroatoms. The van der Waals surface area contributed by atoms with E-state index >= 15 is 0 Å². The van der Waals surface area contributed by atoms with Crippen molar-refractivity contribution in [3.8, 4) is 17.2 Å². The number of methoxy groups -OCH3 is 1. The van der Waals surface area contributed by atoms with E-state index in [-0.39, 0.29) is 5.91 Å². The predicted octanol–water partition coefficient (Wildman–Crippen LogP) is 5.72. The van der Waals surface area contributed by atoms with E-state index in [4.69, 9.17) is 20.8 Å². The summed E-state index contributed by atoms with van der Waals surface area (Å²) in [5.74, 6) is 0.755. The number of benzene rings is 3. The molecule has 140 valence electrons. The fraction of sp³-hybridized carbons (Fsp3) is 0.0909. The van der Waals surface area contributed by atoms with Gasteiger partial charge in [0.2, 0.25) is 5.89 Å². The minimum Gasteiger partial charge on any atom is -0.495 e. The molecule has 0 aliphatic rings. The van der Waals surface area contributed by atoms with Gasteiger partial charge in [-0.2, -0.15) is 0 Å². The molecule has 0 aliphatic carbocycles. The van der Waals surface area contributed by atoms with Crippen LogP contribution >= 0.6 is 11.6 Å². The van der Waals surface area contributed by atoms with Crippen molar-refractivity contribution in [1.29, 1.82) is 0 Å². The van der Waals surface area contributed by atoms with E-state index < -0.39 is 0 Å². The number of nitrogens with zero attached hydrogens (tertiary/aromatic N) is 1. The zero-order chi connectivity index (χ0) is 19.7. The highest BCUT2D eigenvalue weighted by Gasteiger charge is 2.12. The van der Waals surface area contributed by atoms with Gasteiger partial charge in [-0.15, -0.1) is 0 Å². The molecule has 5 nitrogen and oxygen atoms in total. The van der Waals surface area contributed by atoms with Crippen LogP contribution in [0, 0.1) is 6.92 Å². The Morgan fingerprint density at radius 2 is 1.96 bits per heavy atom. The summed E-state index contributed by atoms with van der Waals surface area (Å²) >= 11 is 6.11. The lowest BCUT2D eigenvalue weighted by molar-refractivity contribution is 0.102. The van der Waals surface area contributed by atoms with Gasteiger partial charge in [0.05, 0.1) is 12.1 Å². The SMILES string of the molecule is COc1ccc(C(=O)Nc2cccc(-c3nc4cc(C)ccc4o3)c2)cc1Cl. The number of carbonyl (C=O) groups excluding carboxylic acids is 1. The quantitative estimate of drug-likeness (QED) is 0.482. The largest absolute Gasteiger partial charge is 0.495 e. The van der Waals surface area contributed by atoms with Crippen molar-refractivity contribution in [3.05, 3.63) is 76.8 Å². The molecule has 0 spiro atoms. The van der Waals surface area contributed by atoms with Crippen molar-refractivity contribution in [1.82, 2.24) is 4.98 Å². The summed E-state index contributed by atoms with van der Waals surface area (Å²) < 4.78 is 11.0. The average Bonchev–Trinajstić information content (AvgIpc) is 3.11. The number of amides is 1. The van der Waals surface area contributed by atoms with E-state index in [1.165, 1.54) is 7.11 Å². The Morgan fingerprint density at radius 1 is 1.11 bits per heavy atom. The second kappa shape index (κ2) is 7.37. The third kappa shape index (κ3) is 3.57. The predicted molar refractivity (Wildman–Crippen MR) is 110 cm³/mol. The minimum atomic E-state index is -0.269. The number of aryl methyl sites for hydroxylation is 1. The maximum atomic E-state index is 12.5. The van der Waals surface area contributed by atoms with Crippen LogP contribution in [0.3, 0.4) is 0 Å². The Hall–Kier alpha value is -3.31. The van der Waals surface area contributed by atoms with E-state index in [0.717, 1.165) is 22.2 Å². The van der Waals surface area contributed by atoms with Gasteiger partial charge in [-0.25, -0.2) is 4.98 Å². The van der Waals surface area contributed by atoms with E-state index in [1.807, 2.05) is 43.3 Å². The van der Waals surface area contributed by atoms with Crippen LogP contribution in [-0.4, -0.2) is 18.0 Å². The van der Waals surface area contributed by atoms with Crippen molar-refractivity contribution in [2.24, 2.45) is 0 Å². The lowest BCUT2D eigenvalue weighted by Crippen LogP contribution is -2.11. The number of ether oxygens (including phenoxy) is 1.